The standard InChI is InChI=1S/C21H19N5/c1-16-19(15-26(25-16)18-10-6-3-7-11-18)20-12-13-22-21(24-20)23-14-17-8-4-2-5-9-17/h2-13,15H,14H2,1H3,(H,22,23,24). The van der Waals surface area contributed by atoms with Crippen molar-refractivity contribution in [2.75, 3.05) is 5.32 Å². The molecule has 0 atom stereocenters. The molecule has 5 nitrogen and oxygen atoms in total. The number of benzene rings is 2. The molecule has 0 radical (unpaired) electrons. The van der Waals surface area contributed by atoms with Crippen molar-refractivity contribution in [3.63, 3.8) is 0 Å². The van der Waals surface area contributed by atoms with Gasteiger partial charge in [0.25, 0.3) is 0 Å². The Labute approximate surface area is 152 Å². The molecule has 0 aliphatic rings. The summed E-state index contributed by atoms with van der Waals surface area (Å²) in [5, 5.41) is 7.90. The van der Waals surface area contributed by atoms with Gasteiger partial charge in [0.2, 0.25) is 5.95 Å². The number of nitrogens with zero attached hydrogens (tertiary/aromatic N) is 4. The van der Waals surface area contributed by atoms with Gasteiger partial charge >= 0.3 is 0 Å². The zero-order valence-corrected chi connectivity index (χ0v) is 14.5. The van der Waals surface area contributed by atoms with E-state index in [0.717, 1.165) is 22.6 Å². The average molecular weight is 341 g/mol. The summed E-state index contributed by atoms with van der Waals surface area (Å²) in [6.45, 7) is 2.68. The Morgan fingerprint density at radius 1 is 0.923 bits per heavy atom. The Bertz CT molecular complexity index is 993. The first-order valence-electron chi connectivity index (χ1n) is 8.52. The van der Waals surface area contributed by atoms with Gasteiger partial charge < -0.3 is 5.32 Å². The molecule has 1 N–H and O–H groups in total. The molecule has 5 heteroatoms. The van der Waals surface area contributed by atoms with E-state index in [1.54, 1.807) is 6.20 Å². The molecule has 128 valence electrons. The Balaban J connectivity index is 1.58. The summed E-state index contributed by atoms with van der Waals surface area (Å²) in [5.74, 6) is 0.609. The average Bonchev–Trinajstić information content (AvgIpc) is 3.10. The molecule has 0 amide bonds. The van der Waals surface area contributed by atoms with Crippen LogP contribution in [0.2, 0.25) is 0 Å². The molecule has 0 spiro atoms. The fraction of sp³-hybridized carbons (Fsp3) is 0.0952. The maximum atomic E-state index is 4.65. The van der Waals surface area contributed by atoms with Crippen molar-refractivity contribution in [2.24, 2.45) is 0 Å². The van der Waals surface area contributed by atoms with Crippen LogP contribution in [-0.2, 0) is 6.54 Å². The van der Waals surface area contributed by atoms with Gasteiger partial charge in [0.05, 0.1) is 17.1 Å². The van der Waals surface area contributed by atoms with Gasteiger partial charge in [-0.05, 0) is 30.7 Å². The van der Waals surface area contributed by atoms with Crippen molar-refractivity contribution in [3.8, 4) is 16.9 Å². The van der Waals surface area contributed by atoms with Crippen LogP contribution in [0.1, 0.15) is 11.3 Å². The molecule has 0 fully saturated rings. The first kappa shape index (κ1) is 16.0. The molecule has 0 unspecified atom stereocenters. The summed E-state index contributed by atoms with van der Waals surface area (Å²) in [4.78, 5) is 8.98. The fourth-order valence-corrected chi connectivity index (χ4v) is 2.80. The van der Waals surface area contributed by atoms with Crippen LogP contribution in [0.4, 0.5) is 5.95 Å². The Morgan fingerprint density at radius 2 is 1.65 bits per heavy atom. The molecular formula is C21H19N5. The first-order chi connectivity index (χ1) is 12.8. The SMILES string of the molecule is Cc1nn(-c2ccccc2)cc1-c1ccnc(NCc2ccccc2)n1. The summed E-state index contributed by atoms with van der Waals surface area (Å²) in [5.41, 5.74) is 5.00. The number of hydrogen-bond acceptors (Lipinski definition) is 4. The summed E-state index contributed by atoms with van der Waals surface area (Å²) in [7, 11) is 0. The van der Waals surface area contributed by atoms with Crippen LogP contribution in [-0.4, -0.2) is 19.7 Å². The summed E-state index contributed by atoms with van der Waals surface area (Å²) >= 11 is 0. The van der Waals surface area contributed by atoms with E-state index in [1.807, 2.05) is 72.4 Å². The highest BCUT2D eigenvalue weighted by molar-refractivity contribution is 5.62. The van der Waals surface area contributed by atoms with Crippen molar-refractivity contribution in [3.05, 3.63) is 90.4 Å². The van der Waals surface area contributed by atoms with Gasteiger partial charge in [-0.25, -0.2) is 14.6 Å². The van der Waals surface area contributed by atoms with Gasteiger partial charge in [-0.2, -0.15) is 5.10 Å². The second kappa shape index (κ2) is 7.19. The number of aryl methyl sites for hydroxylation is 1. The van der Waals surface area contributed by atoms with E-state index >= 15 is 0 Å². The molecule has 26 heavy (non-hydrogen) atoms. The van der Waals surface area contributed by atoms with Crippen LogP contribution in [0.3, 0.4) is 0 Å². The molecule has 0 aliphatic carbocycles. The van der Waals surface area contributed by atoms with E-state index in [1.165, 1.54) is 5.56 Å². The molecule has 2 aromatic carbocycles. The minimum Gasteiger partial charge on any atom is -0.350 e. The third kappa shape index (κ3) is 3.47. The predicted octanol–water partition coefficient (Wildman–Crippen LogP) is 4.25. The van der Waals surface area contributed by atoms with Crippen LogP contribution in [0.5, 0.6) is 0 Å². The minimum atomic E-state index is 0.609. The molecule has 0 saturated heterocycles. The number of rotatable bonds is 5. The van der Waals surface area contributed by atoms with E-state index in [4.69, 9.17) is 0 Å². The highest BCUT2D eigenvalue weighted by atomic mass is 15.3. The lowest BCUT2D eigenvalue weighted by Gasteiger charge is -2.06. The lowest BCUT2D eigenvalue weighted by molar-refractivity contribution is 0.863. The molecule has 2 heterocycles. The maximum absolute atomic E-state index is 4.65. The summed E-state index contributed by atoms with van der Waals surface area (Å²) in [6.07, 6.45) is 3.78. The van der Waals surface area contributed by atoms with Crippen molar-refractivity contribution in [1.82, 2.24) is 19.7 Å². The van der Waals surface area contributed by atoms with Crippen LogP contribution < -0.4 is 5.32 Å². The summed E-state index contributed by atoms with van der Waals surface area (Å²) in [6, 6.07) is 22.2. The lowest BCUT2D eigenvalue weighted by atomic mass is 10.2. The van der Waals surface area contributed by atoms with Gasteiger partial charge in [0, 0.05) is 24.5 Å². The summed E-state index contributed by atoms with van der Waals surface area (Å²) < 4.78 is 1.88. The van der Waals surface area contributed by atoms with Gasteiger partial charge in [-0.3, -0.25) is 0 Å². The molecular weight excluding hydrogens is 322 g/mol. The van der Waals surface area contributed by atoms with Crippen LogP contribution in [0, 0.1) is 6.92 Å². The second-order valence-corrected chi connectivity index (χ2v) is 6.01. The quantitative estimate of drug-likeness (QED) is 0.589. The van der Waals surface area contributed by atoms with Crippen molar-refractivity contribution >= 4 is 5.95 Å². The minimum absolute atomic E-state index is 0.609. The third-order valence-electron chi connectivity index (χ3n) is 4.14. The van der Waals surface area contributed by atoms with Gasteiger partial charge in [-0.1, -0.05) is 48.5 Å². The van der Waals surface area contributed by atoms with Gasteiger partial charge in [0.1, 0.15) is 0 Å². The molecule has 0 saturated carbocycles. The normalized spacial score (nSPS) is 10.7. The van der Waals surface area contributed by atoms with E-state index in [2.05, 4.69) is 32.5 Å². The van der Waals surface area contributed by atoms with Crippen molar-refractivity contribution < 1.29 is 0 Å². The maximum Gasteiger partial charge on any atom is 0.223 e. The largest absolute Gasteiger partial charge is 0.350 e. The Kier molecular flexibility index (Phi) is 4.43. The fourth-order valence-electron chi connectivity index (χ4n) is 2.80. The smallest absolute Gasteiger partial charge is 0.223 e. The second-order valence-electron chi connectivity index (χ2n) is 6.01. The number of nitrogens with one attached hydrogen (secondary N) is 1. The predicted molar refractivity (Wildman–Crippen MR) is 103 cm³/mol. The van der Waals surface area contributed by atoms with E-state index < -0.39 is 0 Å². The van der Waals surface area contributed by atoms with Crippen LogP contribution >= 0.6 is 0 Å². The van der Waals surface area contributed by atoms with E-state index in [0.29, 0.717) is 12.5 Å². The van der Waals surface area contributed by atoms with Crippen LogP contribution in [0.15, 0.2) is 79.1 Å². The Morgan fingerprint density at radius 3 is 2.42 bits per heavy atom. The highest BCUT2D eigenvalue weighted by Crippen LogP contribution is 2.23. The zero-order valence-electron chi connectivity index (χ0n) is 14.5. The van der Waals surface area contributed by atoms with Crippen molar-refractivity contribution in [1.29, 1.82) is 0 Å². The van der Waals surface area contributed by atoms with E-state index in [9.17, 15) is 0 Å². The monoisotopic (exact) mass is 341 g/mol. The van der Waals surface area contributed by atoms with Crippen molar-refractivity contribution in [2.45, 2.75) is 13.5 Å². The molecule has 2 aromatic heterocycles. The topological polar surface area (TPSA) is 55.6 Å². The lowest BCUT2D eigenvalue weighted by Crippen LogP contribution is -2.03. The third-order valence-corrected chi connectivity index (χ3v) is 4.14. The zero-order chi connectivity index (χ0) is 17.8. The molecule has 0 aliphatic heterocycles. The number of anilines is 1. The molecule has 0 bridgehead atoms. The van der Waals surface area contributed by atoms with Crippen LogP contribution in [0.25, 0.3) is 16.9 Å². The number of para-hydroxylation sites is 1. The number of hydrogen-bond donors (Lipinski definition) is 1. The Hall–Kier alpha value is -3.47. The first-order valence-corrected chi connectivity index (χ1v) is 8.52. The van der Waals surface area contributed by atoms with Gasteiger partial charge in [0.15, 0.2) is 0 Å². The van der Waals surface area contributed by atoms with Gasteiger partial charge in [-0.15, -0.1) is 0 Å². The highest BCUT2D eigenvalue weighted by Gasteiger charge is 2.11. The molecule has 4 rings (SSSR count). The van der Waals surface area contributed by atoms with E-state index in [-0.39, 0.29) is 0 Å². The number of aromatic nitrogens is 4. The molecule has 4 aromatic rings.